The molecule has 2 unspecified atom stereocenters. The van der Waals surface area contributed by atoms with Gasteiger partial charge in [0.1, 0.15) is 0 Å². The molecule has 1 rings (SSSR count). The Bertz CT molecular complexity index is 428. The van der Waals surface area contributed by atoms with Crippen molar-refractivity contribution in [3.05, 3.63) is 0 Å². The second-order valence-corrected chi connectivity index (χ2v) is 16.1. The molecule has 0 amide bonds. The molecule has 0 aromatic carbocycles. The van der Waals surface area contributed by atoms with Crippen molar-refractivity contribution in [1.29, 1.82) is 0 Å². The van der Waals surface area contributed by atoms with E-state index in [1.165, 1.54) is 57.8 Å². The lowest BCUT2D eigenvalue weighted by atomic mass is 9.69. The Kier molecular flexibility index (Phi) is 9.67. The third kappa shape index (κ3) is 10.9. The van der Waals surface area contributed by atoms with Crippen LogP contribution in [0.5, 0.6) is 0 Å². The largest absolute Gasteiger partial charge is 0.0873 e. The molecule has 0 aromatic rings. The summed E-state index contributed by atoms with van der Waals surface area (Å²) < 4.78 is 0.660. The first-order chi connectivity index (χ1) is 12.1. The average molecular weight is 415 g/mol. The highest BCUT2D eigenvalue weighted by atomic mass is 33.1. The number of hydrogen-bond acceptors (Lipinski definition) is 2. The quantitative estimate of drug-likeness (QED) is 0.380. The van der Waals surface area contributed by atoms with Gasteiger partial charge in [-0.15, -0.1) is 0 Å². The highest BCUT2D eigenvalue weighted by molar-refractivity contribution is 8.77. The van der Waals surface area contributed by atoms with E-state index in [0.29, 0.717) is 20.3 Å². The first-order valence-corrected chi connectivity index (χ1v) is 13.6. The van der Waals surface area contributed by atoms with Gasteiger partial charge in [0, 0.05) is 9.49 Å². The van der Waals surface area contributed by atoms with Crippen molar-refractivity contribution in [3.63, 3.8) is 0 Å². The lowest BCUT2D eigenvalue weighted by molar-refractivity contribution is 0.154. The van der Waals surface area contributed by atoms with Gasteiger partial charge >= 0.3 is 0 Å². The molecule has 0 aliphatic heterocycles. The summed E-state index contributed by atoms with van der Waals surface area (Å²) in [5.41, 5.74) is 0.841. The van der Waals surface area contributed by atoms with Crippen molar-refractivity contribution in [3.8, 4) is 0 Å². The molecule has 1 aliphatic carbocycles. The summed E-state index contributed by atoms with van der Waals surface area (Å²) in [6.07, 6.45) is 12.7. The molecule has 1 saturated carbocycles. The highest BCUT2D eigenvalue weighted by Crippen LogP contribution is 2.52. The summed E-state index contributed by atoms with van der Waals surface area (Å²) in [6.45, 7) is 24.5. The van der Waals surface area contributed by atoms with Gasteiger partial charge in [-0.1, -0.05) is 95.2 Å². The fraction of sp³-hybridized carbons (Fsp3) is 1.00. The van der Waals surface area contributed by atoms with E-state index in [2.05, 4.69) is 90.8 Å². The fourth-order valence-electron chi connectivity index (χ4n) is 5.47. The molecule has 2 atom stereocenters. The van der Waals surface area contributed by atoms with Crippen LogP contribution in [0, 0.1) is 22.7 Å². The van der Waals surface area contributed by atoms with E-state index in [1.807, 2.05) is 0 Å². The molecule has 0 aromatic heterocycles. The maximum Gasteiger partial charge on any atom is 0.0212 e. The van der Waals surface area contributed by atoms with E-state index < -0.39 is 0 Å². The van der Waals surface area contributed by atoms with Crippen molar-refractivity contribution < 1.29 is 0 Å². The van der Waals surface area contributed by atoms with Crippen molar-refractivity contribution in [1.82, 2.24) is 0 Å². The van der Waals surface area contributed by atoms with Crippen LogP contribution in [0.4, 0.5) is 0 Å². The third-order valence-electron chi connectivity index (χ3n) is 6.18. The molecule has 2 heteroatoms. The Morgan fingerprint density at radius 3 is 1.63 bits per heavy atom. The summed E-state index contributed by atoms with van der Waals surface area (Å²) in [4.78, 5) is 0. The van der Waals surface area contributed by atoms with E-state index in [4.69, 9.17) is 0 Å². The van der Waals surface area contributed by atoms with Gasteiger partial charge in [0.25, 0.3) is 0 Å². The van der Waals surface area contributed by atoms with Crippen LogP contribution in [-0.2, 0) is 0 Å². The lowest BCUT2D eigenvalue weighted by Gasteiger charge is -2.41. The van der Waals surface area contributed by atoms with Crippen LogP contribution < -0.4 is 0 Å². The third-order valence-corrected chi connectivity index (χ3v) is 10.4. The Labute approximate surface area is 180 Å². The second kappa shape index (κ2) is 10.1. The van der Waals surface area contributed by atoms with E-state index in [0.717, 1.165) is 11.8 Å². The fourth-order valence-corrected chi connectivity index (χ4v) is 8.55. The molecule has 0 radical (unpaired) electrons. The average Bonchev–Trinajstić information content (AvgIpc) is 2.54. The van der Waals surface area contributed by atoms with Gasteiger partial charge in [-0.25, -0.2) is 0 Å². The molecule has 0 heterocycles. The Morgan fingerprint density at radius 2 is 1.07 bits per heavy atom. The van der Waals surface area contributed by atoms with Crippen LogP contribution in [0.25, 0.3) is 0 Å². The highest BCUT2D eigenvalue weighted by Gasteiger charge is 2.37. The molecular weight excluding hydrogens is 364 g/mol. The summed E-state index contributed by atoms with van der Waals surface area (Å²) >= 11 is 0. The molecule has 1 fully saturated rings. The van der Waals surface area contributed by atoms with Gasteiger partial charge in [-0.2, -0.15) is 0 Å². The zero-order valence-corrected chi connectivity index (χ0v) is 22.0. The van der Waals surface area contributed by atoms with Gasteiger partial charge in [-0.05, 0) is 76.0 Å². The number of hydrogen-bond donors (Lipinski definition) is 0. The van der Waals surface area contributed by atoms with E-state index in [9.17, 15) is 0 Å². The van der Waals surface area contributed by atoms with Crippen LogP contribution in [-0.4, -0.2) is 9.49 Å². The van der Waals surface area contributed by atoms with E-state index >= 15 is 0 Å². The van der Waals surface area contributed by atoms with E-state index in [1.54, 1.807) is 0 Å². The number of rotatable bonds is 7. The Hall–Kier alpha value is 0.700. The maximum absolute atomic E-state index is 2.56. The minimum Gasteiger partial charge on any atom is -0.0873 e. The van der Waals surface area contributed by atoms with Crippen molar-refractivity contribution in [2.24, 2.45) is 22.7 Å². The SMILES string of the molecule is CC1CCCCC(C(C)(C)CC(C)(C)SSC(C)(C)CC(C)(C)C)CCC1. The first kappa shape index (κ1) is 25.7. The summed E-state index contributed by atoms with van der Waals surface area (Å²) in [5, 5.41) is 0. The molecule has 0 saturated heterocycles. The summed E-state index contributed by atoms with van der Waals surface area (Å²) in [5.74, 6) is 1.84. The van der Waals surface area contributed by atoms with Gasteiger partial charge < -0.3 is 0 Å². The van der Waals surface area contributed by atoms with Crippen molar-refractivity contribution in [2.75, 3.05) is 0 Å². The molecule has 0 N–H and O–H groups in total. The molecule has 162 valence electrons. The molecule has 27 heavy (non-hydrogen) atoms. The molecule has 0 nitrogen and oxygen atoms in total. The summed E-state index contributed by atoms with van der Waals surface area (Å²) in [7, 11) is 4.28. The molecule has 1 aliphatic rings. The Morgan fingerprint density at radius 1 is 0.630 bits per heavy atom. The minimum absolute atomic E-state index is 0.328. The maximum atomic E-state index is 2.56. The Balaban J connectivity index is 2.65. The van der Waals surface area contributed by atoms with Gasteiger partial charge in [0.05, 0.1) is 0 Å². The topological polar surface area (TPSA) is 0 Å². The van der Waals surface area contributed by atoms with Crippen LogP contribution in [0.3, 0.4) is 0 Å². The lowest BCUT2D eigenvalue weighted by Crippen LogP contribution is -2.32. The zero-order chi connectivity index (χ0) is 20.9. The first-order valence-electron chi connectivity index (χ1n) is 11.5. The van der Waals surface area contributed by atoms with Gasteiger partial charge in [0.2, 0.25) is 0 Å². The zero-order valence-electron chi connectivity index (χ0n) is 20.3. The normalized spacial score (nSPS) is 24.2. The predicted molar refractivity (Wildman–Crippen MR) is 131 cm³/mol. The van der Waals surface area contributed by atoms with Gasteiger partial charge in [-0.3, -0.25) is 0 Å². The van der Waals surface area contributed by atoms with Crippen LogP contribution in [0.15, 0.2) is 0 Å². The standard InChI is InChI=1S/C25H50S2/c1-20-14-11-12-16-21(17-13-15-20)23(5,6)19-25(9,10)27-26-24(7,8)18-22(2,3)4/h20-21H,11-19H2,1-10H3. The second-order valence-electron chi connectivity index (χ2n) is 12.6. The van der Waals surface area contributed by atoms with Crippen LogP contribution in [0.1, 0.15) is 127 Å². The van der Waals surface area contributed by atoms with Gasteiger partial charge in [0.15, 0.2) is 0 Å². The van der Waals surface area contributed by atoms with Crippen molar-refractivity contribution >= 4 is 21.6 Å². The molecule has 0 spiro atoms. The van der Waals surface area contributed by atoms with Crippen molar-refractivity contribution in [2.45, 2.75) is 137 Å². The predicted octanol–water partition coefficient (Wildman–Crippen LogP) is 9.77. The molecule has 0 bridgehead atoms. The molecular formula is C25H50S2. The van der Waals surface area contributed by atoms with E-state index in [-0.39, 0.29) is 0 Å². The summed E-state index contributed by atoms with van der Waals surface area (Å²) in [6, 6.07) is 0. The smallest absolute Gasteiger partial charge is 0.0212 e. The van der Waals surface area contributed by atoms with Crippen LogP contribution >= 0.6 is 21.6 Å². The van der Waals surface area contributed by atoms with Crippen LogP contribution in [0.2, 0.25) is 0 Å². The monoisotopic (exact) mass is 414 g/mol. The minimum atomic E-state index is 0.328.